The predicted octanol–water partition coefficient (Wildman–Crippen LogP) is 1.65. The first-order chi connectivity index (χ1) is 14.9. The molecule has 0 bridgehead atoms. The number of nitrogens with one attached hydrogen (secondary N) is 2. The number of rotatable bonds is 15. The fraction of sp³-hybridized carbons (Fsp3) is 0.652. The second-order valence-corrected chi connectivity index (χ2v) is 8.55. The van der Waals surface area contributed by atoms with Crippen LogP contribution in [0.5, 0.6) is 0 Å². The summed E-state index contributed by atoms with van der Waals surface area (Å²) >= 11 is 0. The molecule has 0 rings (SSSR count). The third-order valence-electron chi connectivity index (χ3n) is 4.17. The predicted molar refractivity (Wildman–Crippen MR) is 120 cm³/mol. The maximum absolute atomic E-state index is 12.5. The van der Waals surface area contributed by atoms with Gasteiger partial charge in [-0.2, -0.15) is 0 Å². The van der Waals surface area contributed by atoms with Gasteiger partial charge in [-0.3, -0.25) is 19.2 Å². The number of hydrogen-bond donors (Lipinski definition) is 3. The zero-order valence-corrected chi connectivity index (χ0v) is 19.6. The number of carbonyl (C=O) groups excluding carboxylic acids is 4. The van der Waals surface area contributed by atoms with E-state index in [1.165, 1.54) is 6.08 Å². The van der Waals surface area contributed by atoms with Crippen LogP contribution >= 0.6 is 0 Å². The quantitative estimate of drug-likeness (QED) is 0.253. The molecule has 0 spiro atoms. The molecule has 3 N–H and O–H groups in total. The molecule has 3 atom stereocenters. The molecule has 0 fully saturated rings. The standard InChI is InChI=1S/C23H38N2O7/c1-7-9-17(13-19(27)24-11-12-26)21(29)25-16(3)15-31-22(30)18(10-8-2)14-20(28)32-23(4,5)6/h7-8,16-18,26H,1-2,9-15H2,3-6H3,(H,24,27)(H,25,29)/t16-,17+,18+/m1/s1. The van der Waals surface area contributed by atoms with E-state index in [0.29, 0.717) is 6.42 Å². The Morgan fingerprint density at radius 1 is 1.03 bits per heavy atom. The van der Waals surface area contributed by atoms with Crippen LogP contribution in [-0.4, -0.2) is 60.3 Å². The number of amides is 2. The molecule has 0 heterocycles. The average molecular weight is 455 g/mol. The SMILES string of the molecule is C=CC[C@@H](CC(=O)NCCO)C(=O)N[C@H](C)COC(=O)[C@@H](CC=C)CC(=O)OC(C)(C)C. The van der Waals surface area contributed by atoms with Crippen molar-refractivity contribution in [2.75, 3.05) is 19.8 Å². The minimum atomic E-state index is -0.728. The van der Waals surface area contributed by atoms with E-state index in [9.17, 15) is 19.2 Å². The zero-order chi connectivity index (χ0) is 24.7. The van der Waals surface area contributed by atoms with Gasteiger partial charge in [-0.05, 0) is 40.5 Å². The fourth-order valence-electron chi connectivity index (χ4n) is 2.75. The van der Waals surface area contributed by atoms with E-state index in [4.69, 9.17) is 14.6 Å². The van der Waals surface area contributed by atoms with E-state index in [2.05, 4.69) is 23.8 Å². The van der Waals surface area contributed by atoms with Gasteiger partial charge in [0.1, 0.15) is 12.2 Å². The molecule has 0 aliphatic heterocycles. The van der Waals surface area contributed by atoms with Crippen LogP contribution in [-0.2, 0) is 28.7 Å². The van der Waals surface area contributed by atoms with Crippen LogP contribution in [0, 0.1) is 11.8 Å². The lowest BCUT2D eigenvalue weighted by atomic mass is 9.99. The second-order valence-electron chi connectivity index (χ2n) is 8.55. The van der Waals surface area contributed by atoms with E-state index in [-0.39, 0.29) is 50.8 Å². The van der Waals surface area contributed by atoms with Crippen molar-refractivity contribution in [3.8, 4) is 0 Å². The third-order valence-corrected chi connectivity index (χ3v) is 4.17. The van der Waals surface area contributed by atoms with Gasteiger partial charge in [0.25, 0.3) is 0 Å². The van der Waals surface area contributed by atoms with E-state index in [1.807, 2.05) is 0 Å². The number of hydrogen-bond acceptors (Lipinski definition) is 7. The Hall–Kier alpha value is -2.68. The lowest BCUT2D eigenvalue weighted by molar-refractivity contribution is -0.161. The number of esters is 2. The topological polar surface area (TPSA) is 131 Å². The van der Waals surface area contributed by atoms with Crippen molar-refractivity contribution in [1.29, 1.82) is 0 Å². The van der Waals surface area contributed by atoms with Crippen LogP contribution < -0.4 is 10.6 Å². The van der Waals surface area contributed by atoms with Crippen LogP contribution in [0.15, 0.2) is 25.3 Å². The summed E-state index contributed by atoms with van der Waals surface area (Å²) in [5, 5.41) is 14.0. The number of carbonyl (C=O) groups is 4. The molecule has 0 saturated heterocycles. The first-order valence-electron chi connectivity index (χ1n) is 10.7. The lowest BCUT2D eigenvalue weighted by Gasteiger charge is -2.22. The van der Waals surface area contributed by atoms with Crippen LogP contribution in [0.2, 0.25) is 0 Å². The van der Waals surface area contributed by atoms with Crippen molar-refractivity contribution in [1.82, 2.24) is 10.6 Å². The van der Waals surface area contributed by atoms with Crippen molar-refractivity contribution >= 4 is 23.8 Å². The number of allylic oxidation sites excluding steroid dienone is 2. The molecule has 9 nitrogen and oxygen atoms in total. The Kier molecular flexibility index (Phi) is 13.9. The minimum Gasteiger partial charge on any atom is -0.463 e. The summed E-state index contributed by atoms with van der Waals surface area (Å²) in [5.41, 5.74) is -0.657. The van der Waals surface area contributed by atoms with Gasteiger partial charge in [0, 0.05) is 13.0 Å². The Labute approximate surface area is 190 Å². The molecule has 0 aromatic carbocycles. The average Bonchev–Trinajstić information content (AvgIpc) is 2.68. The van der Waals surface area contributed by atoms with Crippen molar-refractivity contribution in [2.45, 2.75) is 65.0 Å². The third kappa shape index (κ3) is 13.6. The van der Waals surface area contributed by atoms with Crippen molar-refractivity contribution in [3.05, 3.63) is 25.3 Å². The fourth-order valence-corrected chi connectivity index (χ4v) is 2.75. The van der Waals surface area contributed by atoms with Crippen LogP contribution in [0.1, 0.15) is 53.4 Å². The molecule has 0 unspecified atom stereocenters. The Morgan fingerprint density at radius 2 is 1.62 bits per heavy atom. The summed E-state index contributed by atoms with van der Waals surface area (Å²) < 4.78 is 10.5. The second kappa shape index (κ2) is 15.2. The molecule has 9 heteroatoms. The Morgan fingerprint density at radius 3 is 2.16 bits per heavy atom. The highest BCUT2D eigenvalue weighted by molar-refractivity contribution is 5.86. The first kappa shape index (κ1) is 29.3. The van der Waals surface area contributed by atoms with Gasteiger partial charge in [-0.1, -0.05) is 12.2 Å². The van der Waals surface area contributed by atoms with Gasteiger partial charge in [-0.25, -0.2) is 0 Å². The van der Waals surface area contributed by atoms with Gasteiger partial charge in [0.15, 0.2) is 0 Å². The minimum absolute atomic E-state index is 0.0539. The highest BCUT2D eigenvalue weighted by Crippen LogP contribution is 2.17. The van der Waals surface area contributed by atoms with Crippen molar-refractivity contribution in [3.63, 3.8) is 0 Å². The van der Waals surface area contributed by atoms with Crippen LogP contribution in [0.4, 0.5) is 0 Å². The number of ether oxygens (including phenoxy) is 2. The summed E-state index contributed by atoms with van der Waals surface area (Å²) in [6, 6.07) is -0.509. The summed E-state index contributed by atoms with van der Waals surface area (Å²) in [5.74, 6) is -3.17. The molecule has 2 amide bonds. The largest absolute Gasteiger partial charge is 0.463 e. The van der Waals surface area contributed by atoms with Crippen LogP contribution in [0.25, 0.3) is 0 Å². The smallest absolute Gasteiger partial charge is 0.309 e. The highest BCUT2D eigenvalue weighted by Gasteiger charge is 2.27. The van der Waals surface area contributed by atoms with Crippen molar-refractivity contribution in [2.24, 2.45) is 11.8 Å². The summed E-state index contributed by atoms with van der Waals surface area (Å²) in [6.07, 6.45) is 3.44. The van der Waals surface area contributed by atoms with Gasteiger partial charge in [0.05, 0.1) is 30.9 Å². The normalized spacial score (nSPS) is 13.8. The highest BCUT2D eigenvalue weighted by atomic mass is 16.6. The summed E-state index contributed by atoms with van der Waals surface area (Å²) in [6.45, 7) is 13.9. The monoisotopic (exact) mass is 454 g/mol. The van der Waals surface area contributed by atoms with Gasteiger partial charge >= 0.3 is 11.9 Å². The van der Waals surface area contributed by atoms with E-state index >= 15 is 0 Å². The Bertz CT molecular complexity index is 655. The molecule has 0 radical (unpaired) electrons. The number of aliphatic hydroxyl groups is 1. The first-order valence-corrected chi connectivity index (χ1v) is 10.7. The van der Waals surface area contributed by atoms with Crippen LogP contribution in [0.3, 0.4) is 0 Å². The van der Waals surface area contributed by atoms with Gasteiger partial charge in [-0.15, -0.1) is 13.2 Å². The molecule has 0 aliphatic rings. The molecule has 182 valence electrons. The van der Waals surface area contributed by atoms with E-state index in [0.717, 1.165) is 0 Å². The van der Waals surface area contributed by atoms with Crippen molar-refractivity contribution < 1.29 is 33.8 Å². The molecule has 0 aromatic rings. The molecule has 32 heavy (non-hydrogen) atoms. The van der Waals surface area contributed by atoms with E-state index < -0.39 is 35.4 Å². The maximum atomic E-state index is 12.5. The van der Waals surface area contributed by atoms with Gasteiger partial charge in [0.2, 0.25) is 11.8 Å². The summed E-state index contributed by atoms with van der Waals surface area (Å²) in [7, 11) is 0. The molecular formula is C23H38N2O7. The van der Waals surface area contributed by atoms with E-state index in [1.54, 1.807) is 33.8 Å². The molecule has 0 saturated carbocycles. The molecular weight excluding hydrogens is 416 g/mol. The zero-order valence-electron chi connectivity index (χ0n) is 19.6. The summed E-state index contributed by atoms with van der Waals surface area (Å²) in [4.78, 5) is 48.8. The van der Waals surface area contributed by atoms with Gasteiger partial charge < -0.3 is 25.2 Å². The lowest BCUT2D eigenvalue weighted by Crippen LogP contribution is -2.42. The maximum Gasteiger partial charge on any atom is 0.309 e. The molecule has 0 aromatic heterocycles. The molecule has 0 aliphatic carbocycles. The number of aliphatic hydroxyl groups excluding tert-OH is 1. The Balaban J connectivity index is 4.75.